The molecule has 2 rings (SSSR count). The van der Waals surface area contributed by atoms with E-state index >= 15 is 0 Å². The Labute approximate surface area is 73.2 Å². The summed E-state index contributed by atoms with van der Waals surface area (Å²) in [6, 6.07) is 7.45. The largest absolute Gasteiger partial charge is 0.428 e. The van der Waals surface area contributed by atoms with Crippen molar-refractivity contribution < 1.29 is 4.42 Å². The van der Waals surface area contributed by atoms with Crippen LogP contribution in [0.3, 0.4) is 0 Å². The lowest BCUT2D eigenvalue weighted by Crippen LogP contribution is -1.62. The maximum Gasteiger partial charge on any atom is 0.293 e. The van der Waals surface area contributed by atoms with Gasteiger partial charge in [-0.05, 0) is 34.7 Å². The van der Waals surface area contributed by atoms with E-state index in [1.54, 1.807) is 0 Å². The van der Waals surface area contributed by atoms with Gasteiger partial charge in [0.05, 0.1) is 0 Å². The van der Waals surface area contributed by atoms with E-state index in [2.05, 4.69) is 4.98 Å². The second-order valence-electron chi connectivity index (χ2n) is 1.93. The van der Waals surface area contributed by atoms with Crippen molar-refractivity contribution in [2.75, 3.05) is 0 Å². The highest BCUT2D eigenvalue weighted by Gasteiger charge is 1.99. The molecule has 0 spiro atoms. The van der Waals surface area contributed by atoms with E-state index in [0.717, 1.165) is 11.1 Å². The van der Waals surface area contributed by atoms with Crippen LogP contribution in [0.2, 0.25) is 5.35 Å². The molecule has 0 N–H and O–H groups in total. The van der Waals surface area contributed by atoms with Crippen LogP contribution in [0.5, 0.6) is 0 Å². The van der Waals surface area contributed by atoms with Gasteiger partial charge in [-0.3, -0.25) is 0 Å². The molecular weight excluding hydrogens is 178 g/mol. The standard InChI is InChI=1S/C7H4ClNO.H4Si/c8-7-9-5-3-1-2-4-6(5)10-7;/h1-4H;1H4. The number of benzene rings is 1. The fraction of sp³-hybridized carbons (Fsp3) is 0. The van der Waals surface area contributed by atoms with Crippen LogP contribution in [-0.4, -0.2) is 15.9 Å². The second-order valence-corrected chi connectivity index (χ2v) is 2.26. The minimum absolute atomic E-state index is 0. The SMILES string of the molecule is Clc1nc2ccccc2o1.[SiH4]. The summed E-state index contributed by atoms with van der Waals surface area (Å²) >= 11 is 5.51. The Bertz CT molecular complexity index is 327. The summed E-state index contributed by atoms with van der Waals surface area (Å²) in [5.41, 5.74) is 1.53. The zero-order valence-electron chi connectivity index (χ0n) is 5.04. The van der Waals surface area contributed by atoms with Crippen LogP contribution in [0.15, 0.2) is 28.7 Å². The van der Waals surface area contributed by atoms with E-state index in [0.29, 0.717) is 0 Å². The van der Waals surface area contributed by atoms with Gasteiger partial charge in [0.25, 0.3) is 5.35 Å². The van der Waals surface area contributed by atoms with E-state index in [-0.39, 0.29) is 16.3 Å². The molecule has 11 heavy (non-hydrogen) atoms. The Balaban J connectivity index is 0.000000605. The molecule has 0 atom stereocenters. The number of hydrogen-bond donors (Lipinski definition) is 0. The maximum absolute atomic E-state index is 5.51. The Morgan fingerprint density at radius 2 is 2.00 bits per heavy atom. The van der Waals surface area contributed by atoms with E-state index in [1.807, 2.05) is 24.3 Å². The van der Waals surface area contributed by atoms with Crippen LogP contribution >= 0.6 is 11.6 Å². The molecule has 0 saturated heterocycles. The van der Waals surface area contributed by atoms with Gasteiger partial charge in [0.1, 0.15) is 5.52 Å². The van der Waals surface area contributed by atoms with Crippen molar-refractivity contribution in [2.45, 2.75) is 0 Å². The zero-order valence-corrected chi connectivity index (χ0v) is 5.80. The molecular formula is C7H8ClNOSi. The second kappa shape index (κ2) is 3.07. The molecule has 58 valence electrons. The fourth-order valence-electron chi connectivity index (χ4n) is 0.844. The van der Waals surface area contributed by atoms with Crippen LogP contribution in [0.25, 0.3) is 11.1 Å². The Morgan fingerprint density at radius 3 is 2.73 bits per heavy atom. The maximum atomic E-state index is 5.51. The van der Waals surface area contributed by atoms with E-state index < -0.39 is 0 Å². The normalized spacial score (nSPS) is 9.55. The van der Waals surface area contributed by atoms with Gasteiger partial charge >= 0.3 is 0 Å². The number of nitrogens with zero attached hydrogens (tertiary/aromatic N) is 1. The van der Waals surface area contributed by atoms with Crippen molar-refractivity contribution in [3.63, 3.8) is 0 Å². The molecule has 0 fully saturated rings. The molecule has 0 aliphatic carbocycles. The Morgan fingerprint density at radius 1 is 1.27 bits per heavy atom. The zero-order chi connectivity index (χ0) is 6.97. The number of para-hydroxylation sites is 2. The topological polar surface area (TPSA) is 26.0 Å². The number of halogens is 1. The molecule has 2 aromatic rings. The smallest absolute Gasteiger partial charge is 0.293 e. The van der Waals surface area contributed by atoms with E-state index in [9.17, 15) is 0 Å². The first kappa shape index (κ1) is 8.29. The van der Waals surface area contributed by atoms with Crippen molar-refractivity contribution in [3.05, 3.63) is 29.6 Å². The Kier molecular flexibility index (Phi) is 2.31. The summed E-state index contributed by atoms with van der Waals surface area (Å²) < 4.78 is 5.02. The molecule has 0 amide bonds. The molecule has 0 radical (unpaired) electrons. The molecule has 0 bridgehead atoms. The van der Waals surface area contributed by atoms with Crippen molar-refractivity contribution in [3.8, 4) is 0 Å². The van der Waals surface area contributed by atoms with Gasteiger partial charge in [0.2, 0.25) is 0 Å². The third-order valence-corrected chi connectivity index (χ3v) is 1.43. The van der Waals surface area contributed by atoms with Crippen LogP contribution in [0, 0.1) is 0 Å². The molecule has 1 heterocycles. The van der Waals surface area contributed by atoms with Crippen molar-refractivity contribution >= 4 is 33.7 Å². The van der Waals surface area contributed by atoms with E-state index in [1.165, 1.54) is 0 Å². The average Bonchev–Trinajstić information content (AvgIpc) is 2.27. The lowest BCUT2D eigenvalue weighted by molar-refractivity contribution is 0.604. The highest BCUT2D eigenvalue weighted by Crippen LogP contribution is 2.17. The summed E-state index contributed by atoms with van der Waals surface area (Å²) in [6.07, 6.45) is 0. The lowest BCUT2D eigenvalue weighted by atomic mass is 10.3. The van der Waals surface area contributed by atoms with Crippen LogP contribution in [0.1, 0.15) is 0 Å². The van der Waals surface area contributed by atoms with Crippen LogP contribution in [0.4, 0.5) is 0 Å². The molecule has 1 aromatic heterocycles. The number of fused-ring (bicyclic) bond motifs is 1. The first-order valence-corrected chi connectivity index (χ1v) is 3.25. The first-order valence-electron chi connectivity index (χ1n) is 2.87. The fourth-order valence-corrected chi connectivity index (χ4v) is 1.02. The summed E-state index contributed by atoms with van der Waals surface area (Å²) in [5.74, 6) is 0. The van der Waals surface area contributed by atoms with Gasteiger partial charge in [-0.15, -0.1) is 0 Å². The quantitative estimate of drug-likeness (QED) is 0.573. The molecule has 1 aromatic carbocycles. The van der Waals surface area contributed by atoms with E-state index in [4.69, 9.17) is 16.0 Å². The molecule has 0 aliphatic rings. The van der Waals surface area contributed by atoms with Gasteiger partial charge in [0, 0.05) is 0 Å². The number of oxazole rings is 1. The highest BCUT2D eigenvalue weighted by molar-refractivity contribution is 6.28. The van der Waals surface area contributed by atoms with Gasteiger partial charge in [-0.1, -0.05) is 12.1 Å². The number of hydrogen-bond acceptors (Lipinski definition) is 2. The molecule has 4 heteroatoms. The predicted octanol–water partition coefficient (Wildman–Crippen LogP) is 1.03. The van der Waals surface area contributed by atoms with Gasteiger partial charge in [0.15, 0.2) is 5.58 Å². The molecule has 0 aliphatic heterocycles. The van der Waals surface area contributed by atoms with Crippen molar-refractivity contribution in [1.82, 2.24) is 4.98 Å². The van der Waals surface area contributed by atoms with Crippen molar-refractivity contribution in [2.24, 2.45) is 0 Å². The third kappa shape index (κ3) is 1.44. The Hall–Kier alpha value is -0.803. The lowest BCUT2D eigenvalue weighted by Gasteiger charge is -1.79. The summed E-state index contributed by atoms with van der Waals surface area (Å²) in [7, 11) is 0. The van der Waals surface area contributed by atoms with Crippen LogP contribution in [-0.2, 0) is 0 Å². The van der Waals surface area contributed by atoms with Gasteiger partial charge in [-0.25, -0.2) is 0 Å². The van der Waals surface area contributed by atoms with Gasteiger partial charge < -0.3 is 4.42 Å². The summed E-state index contributed by atoms with van der Waals surface area (Å²) in [6.45, 7) is 0. The molecule has 0 unspecified atom stereocenters. The number of aromatic nitrogens is 1. The summed E-state index contributed by atoms with van der Waals surface area (Å²) in [4.78, 5) is 3.91. The number of rotatable bonds is 0. The average molecular weight is 186 g/mol. The monoisotopic (exact) mass is 185 g/mol. The van der Waals surface area contributed by atoms with Gasteiger partial charge in [-0.2, -0.15) is 4.98 Å². The predicted molar refractivity (Wildman–Crippen MR) is 50.4 cm³/mol. The minimum Gasteiger partial charge on any atom is -0.428 e. The highest BCUT2D eigenvalue weighted by atomic mass is 35.5. The first-order chi connectivity index (χ1) is 4.86. The van der Waals surface area contributed by atoms with Crippen LogP contribution < -0.4 is 0 Å². The summed E-state index contributed by atoms with van der Waals surface area (Å²) in [5, 5.41) is 0.196. The third-order valence-electron chi connectivity index (χ3n) is 1.27. The minimum atomic E-state index is 0. The van der Waals surface area contributed by atoms with Crippen molar-refractivity contribution in [1.29, 1.82) is 0 Å². The molecule has 2 nitrogen and oxygen atoms in total. The molecule has 0 saturated carbocycles.